The third-order valence-electron chi connectivity index (χ3n) is 6.52. The normalized spacial score (nSPS) is 15.5. The number of rotatable bonds is 6. The van der Waals surface area contributed by atoms with Gasteiger partial charge in [0.1, 0.15) is 17.5 Å². The number of imidazole rings is 1. The third kappa shape index (κ3) is 4.66. The van der Waals surface area contributed by atoms with Crippen molar-refractivity contribution in [1.82, 2.24) is 24.3 Å². The second kappa shape index (κ2) is 10.7. The number of halogens is 1. The van der Waals surface area contributed by atoms with Crippen molar-refractivity contribution >= 4 is 17.4 Å². The third-order valence-corrected chi connectivity index (χ3v) is 6.52. The number of pyridine rings is 1. The summed E-state index contributed by atoms with van der Waals surface area (Å²) in [6.07, 6.45) is 8.27. The van der Waals surface area contributed by atoms with E-state index in [2.05, 4.69) is 15.3 Å². The molecule has 0 aliphatic carbocycles. The van der Waals surface area contributed by atoms with Crippen LogP contribution >= 0.6 is 0 Å². The number of ether oxygens (including phenoxy) is 1. The van der Waals surface area contributed by atoms with E-state index in [0.29, 0.717) is 30.4 Å². The summed E-state index contributed by atoms with van der Waals surface area (Å²) >= 11 is 0. The average Bonchev–Trinajstić information content (AvgIpc) is 3.34. The molecule has 4 heterocycles. The summed E-state index contributed by atoms with van der Waals surface area (Å²) in [5.74, 6) is 0.449. The minimum absolute atomic E-state index is 0.0105. The van der Waals surface area contributed by atoms with Gasteiger partial charge >= 0.3 is 0 Å². The number of aromatic nitrogens is 4. The Morgan fingerprint density at radius 2 is 2.13 bits per heavy atom. The largest absolute Gasteiger partial charge is 0.435 e. The lowest BCUT2D eigenvalue weighted by molar-refractivity contribution is -0.127. The number of anilines is 1. The van der Waals surface area contributed by atoms with Gasteiger partial charge in [-0.2, -0.15) is 5.26 Å². The van der Waals surface area contributed by atoms with E-state index in [1.165, 1.54) is 18.3 Å². The molecule has 0 spiro atoms. The number of carbonyl (C=O) groups is 1. The topological polar surface area (TPSA) is 108 Å². The van der Waals surface area contributed by atoms with E-state index in [1.807, 2.05) is 28.4 Å². The van der Waals surface area contributed by atoms with Gasteiger partial charge < -0.3 is 15.0 Å². The van der Waals surface area contributed by atoms with E-state index >= 15 is 4.39 Å². The minimum atomic E-state index is -0.619. The lowest BCUT2D eigenvalue weighted by Crippen LogP contribution is -2.38. The Kier molecular flexibility index (Phi) is 7.00. The first-order valence-corrected chi connectivity index (χ1v) is 12.3. The summed E-state index contributed by atoms with van der Waals surface area (Å²) in [5.41, 5.74) is 2.42. The van der Waals surface area contributed by atoms with E-state index in [0.717, 1.165) is 24.1 Å². The number of likely N-dealkylation sites (tertiary alicyclic amines) is 1. The van der Waals surface area contributed by atoms with Gasteiger partial charge in [0.05, 0.1) is 11.2 Å². The summed E-state index contributed by atoms with van der Waals surface area (Å²) < 4.78 is 22.7. The number of piperidine rings is 1. The highest BCUT2D eigenvalue weighted by Gasteiger charge is 2.29. The molecule has 0 saturated carbocycles. The van der Waals surface area contributed by atoms with Crippen molar-refractivity contribution in [2.75, 3.05) is 25.5 Å². The first-order chi connectivity index (χ1) is 18.5. The molecule has 9 nitrogen and oxygen atoms in total. The molecular formula is C28H26FN7O2. The van der Waals surface area contributed by atoms with Crippen molar-refractivity contribution in [3.63, 3.8) is 0 Å². The van der Waals surface area contributed by atoms with Gasteiger partial charge in [-0.25, -0.2) is 19.3 Å². The van der Waals surface area contributed by atoms with Crippen LogP contribution in [0.5, 0.6) is 11.6 Å². The van der Waals surface area contributed by atoms with E-state index in [9.17, 15) is 10.1 Å². The van der Waals surface area contributed by atoms with Crippen LogP contribution in [0.1, 0.15) is 36.9 Å². The first-order valence-electron chi connectivity index (χ1n) is 12.3. The fraction of sp³-hybridized carbons (Fsp3) is 0.250. The summed E-state index contributed by atoms with van der Waals surface area (Å²) in [5, 5.41) is 12.4. The number of nitrogens with one attached hydrogen (secondary N) is 1. The van der Waals surface area contributed by atoms with E-state index in [1.54, 1.807) is 43.6 Å². The highest BCUT2D eigenvalue weighted by Crippen LogP contribution is 2.35. The number of nitriles is 1. The van der Waals surface area contributed by atoms with Crippen molar-refractivity contribution in [1.29, 1.82) is 5.26 Å². The van der Waals surface area contributed by atoms with E-state index in [4.69, 9.17) is 9.72 Å². The molecule has 1 atom stereocenters. The Labute approximate surface area is 219 Å². The van der Waals surface area contributed by atoms with Crippen LogP contribution in [0.25, 0.3) is 16.9 Å². The number of nitrogens with zero attached hydrogens (tertiary/aromatic N) is 6. The summed E-state index contributed by atoms with van der Waals surface area (Å²) in [4.78, 5) is 27.8. The van der Waals surface area contributed by atoms with Crippen molar-refractivity contribution < 1.29 is 13.9 Å². The van der Waals surface area contributed by atoms with Crippen LogP contribution in [0.4, 0.5) is 10.3 Å². The highest BCUT2D eigenvalue weighted by molar-refractivity contribution is 5.87. The van der Waals surface area contributed by atoms with Crippen LogP contribution in [-0.2, 0) is 4.79 Å². The maximum atomic E-state index is 15.3. The SMILES string of the molecule is C/C=C\C(=O)N1CCCC(c2nc(-c3ccc(Oc4ncccc4C#N)c(F)c3)n3c(NC)nccc23)C1. The predicted molar refractivity (Wildman–Crippen MR) is 140 cm³/mol. The zero-order chi connectivity index (χ0) is 26.6. The van der Waals surface area contributed by atoms with Crippen molar-refractivity contribution in [2.45, 2.75) is 25.7 Å². The Balaban J connectivity index is 1.54. The molecule has 0 radical (unpaired) electrons. The fourth-order valence-corrected chi connectivity index (χ4v) is 4.76. The molecule has 5 rings (SSSR count). The van der Waals surface area contributed by atoms with Gasteiger partial charge in [0.15, 0.2) is 11.6 Å². The van der Waals surface area contributed by atoms with Gasteiger partial charge in [0.2, 0.25) is 17.7 Å². The zero-order valence-electron chi connectivity index (χ0n) is 21.1. The number of fused-ring (bicyclic) bond motifs is 1. The van der Waals surface area contributed by atoms with Gasteiger partial charge in [-0.3, -0.25) is 9.20 Å². The Hall–Kier alpha value is -4.78. The summed E-state index contributed by atoms with van der Waals surface area (Å²) in [6, 6.07) is 11.6. The maximum absolute atomic E-state index is 15.3. The van der Waals surface area contributed by atoms with Crippen LogP contribution in [0.15, 0.2) is 60.9 Å². The van der Waals surface area contributed by atoms with Crippen molar-refractivity contribution in [3.05, 3.63) is 78.0 Å². The second-order valence-electron chi connectivity index (χ2n) is 8.90. The van der Waals surface area contributed by atoms with Crippen LogP contribution in [0.2, 0.25) is 0 Å². The predicted octanol–water partition coefficient (Wildman–Crippen LogP) is 4.92. The molecule has 38 heavy (non-hydrogen) atoms. The number of hydrogen-bond donors (Lipinski definition) is 1. The molecule has 3 aromatic heterocycles. The van der Waals surface area contributed by atoms with Crippen molar-refractivity contribution in [2.24, 2.45) is 0 Å². The highest BCUT2D eigenvalue weighted by atomic mass is 19.1. The summed E-state index contributed by atoms with van der Waals surface area (Å²) in [6.45, 7) is 3.09. The zero-order valence-corrected chi connectivity index (χ0v) is 21.1. The summed E-state index contributed by atoms with van der Waals surface area (Å²) in [7, 11) is 1.76. The molecule has 10 heteroatoms. The molecule has 1 N–H and O–H groups in total. The molecule has 1 fully saturated rings. The van der Waals surface area contributed by atoms with Crippen molar-refractivity contribution in [3.8, 4) is 29.1 Å². The fourth-order valence-electron chi connectivity index (χ4n) is 4.76. The van der Waals surface area contributed by atoms with Crippen LogP contribution in [0, 0.1) is 17.1 Å². The number of allylic oxidation sites excluding steroid dienone is 1. The smallest absolute Gasteiger partial charge is 0.246 e. The van der Waals surface area contributed by atoms with Gasteiger partial charge in [-0.05, 0) is 62.2 Å². The maximum Gasteiger partial charge on any atom is 0.246 e. The second-order valence-corrected chi connectivity index (χ2v) is 8.90. The molecule has 4 aromatic rings. The molecule has 1 saturated heterocycles. The van der Waals surface area contributed by atoms with Gasteiger partial charge in [0, 0.05) is 44.0 Å². The minimum Gasteiger partial charge on any atom is -0.435 e. The number of amides is 1. The van der Waals surface area contributed by atoms with Crippen LogP contribution < -0.4 is 10.1 Å². The van der Waals surface area contributed by atoms with E-state index in [-0.39, 0.29) is 29.0 Å². The van der Waals surface area contributed by atoms with E-state index < -0.39 is 5.82 Å². The molecule has 1 aliphatic rings. The number of benzene rings is 1. The lowest BCUT2D eigenvalue weighted by atomic mass is 9.94. The quantitative estimate of drug-likeness (QED) is 0.366. The molecule has 1 aliphatic heterocycles. The van der Waals surface area contributed by atoms with Gasteiger partial charge in [-0.15, -0.1) is 0 Å². The Morgan fingerprint density at radius 1 is 1.26 bits per heavy atom. The molecule has 1 aromatic carbocycles. The Bertz CT molecular complexity index is 1570. The molecule has 1 unspecified atom stereocenters. The number of hydrogen-bond acceptors (Lipinski definition) is 7. The number of carbonyl (C=O) groups excluding carboxylic acids is 1. The standard InChI is InChI=1S/C28H26FN7O2/c1-3-6-24(37)35-14-5-8-20(17-35)25-22-11-13-33-28(31-2)36(22)26(34-25)18-9-10-23(21(29)15-18)38-27-19(16-30)7-4-12-32-27/h3-4,6-7,9-13,15,20H,5,8,14,17H2,1-2H3,(H,31,33)/b6-3-. The van der Waals surface area contributed by atoms with Gasteiger partial charge in [0.25, 0.3) is 0 Å². The molecular weight excluding hydrogens is 485 g/mol. The molecule has 192 valence electrons. The monoisotopic (exact) mass is 511 g/mol. The van der Waals surface area contributed by atoms with Crippen LogP contribution in [0.3, 0.4) is 0 Å². The lowest BCUT2D eigenvalue weighted by Gasteiger charge is -2.31. The van der Waals surface area contributed by atoms with Gasteiger partial charge in [-0.1, -0.05) is 6.08 Å². The Morgan fingerprint density at radius 3 is 2.89 bits per heavy atom. The molecule has 1 amide bonds. The molecule has 0 bridgehead atoms. The van der Waals surface area contributed by atoms with Crippen LogP contribution in [-0.4, -0.2) is 50.3 Å². The average molecular weight is 512 g/mol. The first kappa shape index (κ1) is 24.9.